The largest absolute Gasteiger partial charge is 0.122 e. The van der Waals surface area contributed by atoms with E-state index in [1.807, 2.05) is 0 Å². The maximum absolute atomic E-state index is 4.38. The molecule has 28 heavy (non-hydrogen) atoms. The number of benzene rings is 2. The molecule has 0 aliphatic heterocycles. The van der Waals surface area contributed by atoms with Crippen LogP contribution in [0.4, 0.5) is 0 Å². The lowest BCUT2D eigenvalue weighted by atomic mass is 9.99. The van der Waals surface area contributed by atoms with Crippen molar-refractivity contribution in [1.82, 2.24) is 0 Å². The molecule has 0 aliphatic carbocycles. The summed E-state index contributed by atoms with van der Waals surface area (Å²) in [5, 5.41) is 3.07. The molecule has 1 unspecified atom stereocenters. The normalized spacial score (nSPS) is 13.1. The Hall–Kier alpha value is -2.12. The quantitative estimate of drug-likeness (QED) is 0.329. The summed E-state index contributed by atoms with van der Waals surface area (Å²) in [4.78, 5) is 0. The van der Waals surface area contributed by atoms with Crippen LogP contribution in [0, 0.1) is 5.92 Å². The van der Waals surface area contributed by atoms with Gasteiger partial charge in [-0.25, -0.2) is 0 Å². The molecule has 0 saturated carbocycles. The Morgan fingerprint density at radius 2 is 1.39 bits per heavy atom. The van der Waals surface area contributed by atoms with Crippen LogP contribution in [0.2, 0.25) is 12.1 Å². The van der Waals surface area contributed by atoms with Gasteiger partial charge in [-0.15, -0.1) is 0 Å². The fourth-order valence-corrected chi connectivity index (χ4v) is 9.56. The smallest absolute Gasteiger partial charge is 0.0999 e. The minimum absolute atomic E-state index is 0.506. The van der Waals surface area contributed by atoms with Crippen molar-refractivity contribution in [2.24, 2.45) is 5.92 Å². The van der Waals surface area contributed by atoms with Gasteiger partial charge < -0.3 is 0 Å². The van der Waals surface area contributed by atoms with Gasteiger partial charge in [0.25, 0.3) is 0 Å². The molecule has 0 aromatic heterocycles. The third-order valence-electron chi connectivity index (χ3n) is 5.83. The lowest BCUT2D eigenvalue weighted by Crippen LogP contribution is -2.59. The lowest BCUT2D eigenvalue weighted by Gasteiger charge is -2.37. The maximum Gasteiger partial charge on any atom is 0.122 e. The van der Waals surface area contributed by atoms with Gasteiger partial charge in [0.05, 0.1) is 0 Å². The average Bonchev–Trinajstić information content (AvgIpc) is 2.71. The molecule has 0 radical (unpaired) electrons. The van der Waals surface area contributed by atoms with Gasteiger partial charge in [-0.2, -0.15) is 0 Å². The predicted octanol–water partition coefficient (Wildman–Crippen LogP) is 6.76. The Morgan fingerprint density at radius 3 is 1.79 bits per heavy atom. The van der Waals surface area contributed by atoms with Crippen LogP contribution in [0.1, 0.15) is 41.0 Å². The molecule has 0 aliphatic rings. The minimum atomic E-state index is -1.99. The van der Waals surface area contributed by atoms with Crippen molar-refractivity contribution in [2.45, 2.75) is 53.1 Å². The first-order valence-electron chi connectivity index (χ1n) is 10.4. The topological polar surface area (TPSA) is 0 Å². The second-order valence-electron chi connectivity index (χ2n) is 8.39. The molecule has 0 saturated heterocycles. The summed E-state index contributed by atoms with van der Waals surface area (Å²) in [5.74, 6) is 0.506. The van der Waals surface area contributed by atoms with Crippen LogP contribution in [0.5, 0.6) is 0 Å². The van der Waals surface area contributed by atoms with Gasteiger partial charge in [0.1, 0.15) is 8.07 Å². The second-order valence-corrected chi connectivity index (χ2v) is 12.5. The van der Waals surface area contributed by atoms with Crippen molar-refractivity contribution < 1.29 is 0 Å². The summed E-state index contributed by atoms with van der Waals surface area (Å²) in [6.45, 7) is 15.4. The van der Waals surface area contributed by atoms with Gasteiger partial charge >= 0.3 is 0 Å². The molecule has 0 bridgehead atoms. The van der Waals surface area contributed by atoms with Crippen LogP contribution >= 0.6 is 0 Å². The van der Waals surface area contributed by atoms with Crippen LogP contribution in [0.3, 0.4) is 0 Å². The fourth-order valence-electron chi connectivity index (χ4n) is 4.03. The molecule has 0 amide bonds. The maximum atomic E-state index is 4.38. The zero-order valence-corrected chi connectivity index (χ0v) is 19.3. The molecule has 0 heterocycles. The number of hydrogen-bond acceptors (Lipinski definition) is 0. The van der Waals surface area contributed by atoms with Crippen LogP contribution in [-0.4, -0.2) is 8.07 Å². The minimum Gasteiger partial charge on any atom is -0.0999 e. The van der Waals surface area contributed by atoms with E-state index < -0.39 is 8.07 Å². The summed E-state index contributed by atoms with van der Waals surface area (Å²) >= 11 is 0. The zero-order valence-electron chi connectivity index (χ0n) is 18.3. The molecule has 0 fully saturated rings. The van der Waals surface area contributed by atoms with Crippen LogP contribution < -0.4 is 10.4 Å². The van der Waals surface area contributed by atoms with E-state index in [0.29, 0.717) is 5.92 Å². The summed E-state index contributed by atoms with van der Waals surface area (Å²) in [5.41, 5.74) is 4.18. The van der Waals surface area contributed by atoms with E-state index in [1.54, 1.807) is 0 Å². The summed E-state index contributed by atoms with van der Waals surface area (Å²) in [6.07, 6.45) is 5.76. The van der Waals surface area contributed by atoms with Gasteiger partial charge in [0.15, 0.2) is 0 Å². The Labute approximate surface area is 173 Å². The highest BCUT2D eigenvalue weighted by Crippen LogP contribution is 2.31. The van der Waals surface area contributed by atoms with E-state index in [4.69, 9.17) is 0 Å². The van der Waals surface area contributed by atoms with Gasteiger partial charge in [0, 0.05) is 0 Å². The van der Waals surface area contributed by atoms with Crippen molar-refractivity contribution in [1.29, 1.82) is 0 Å². The van der Waals surface area contributed by atoms with Crippen molar-refractivity contribution in [2.75, 3.05) is 0 Å². The lowest BCUT2D eigenvalue weighted by molar-refractivity contribution is 0.684. The number of allylic oxidation sites excluding steroid dienone is 5. The van der Waals surface area contributed by atoms with E-state index in [9.17, 15) is 0 Å². The van der Waals surface area contributed by atoms with Crippen molar-refractivity contribution >= 4 is 18.4 Å². The first-order valence-corrected chi connectivity index (χ1v) is 12.8. The van der Waals surface area contributed by atoms with E-state index in [-0.39, 0.29) is 0 Å². The molecule has 2 rings (SSSR count). The zero-order chi connectivity index (χ0) is 20.6. The first-order chi connectivity index (χ1) is 13.4. The molecule has 148 valence electrons. The Kier molecular flexibility index (Phi) is 8.26. The SMILES string of the molecule is C=C(C)C(CC=C(C)C)C[Si](C/C(C)=C/C)(c1ccccc1)c1ccccc1. The first kappa shape index (κ1) is 22.2. The summed E-state index contributed by atoms with van der Waals surface area (Å²) in [6, 6.07) is 24.9. The standard InChI is InChI=1S/C27H36Si/c1-7-24(6)20-28(26-14-10-8-11-15-26,27-16-12-9-13-17-27)21-25(23(4)5)19-18-22(2)3/h7-18,25H,4,19-21H2,1-3,5-6H3/b24-7+. The van der Waals surface area contributed by atoms with Gasteiger partial charge in [0.2, 0.25) is 0 Å². The van der Waals surface area contributed by atoms with Crippen LogP contribution in [0.15, 0.2) is 96.1 Å². The van der Waals surface area contributed by atoms with Gasteiger partial charge in [-0.05, 0) is 59.0 Å². The van der Waals surface area contributed by atoms with E-state index in [0.717, 1.165) is 12.5 Å². The monoisotopic (exact) mass is 388 g/mol. The molecular formula is C27H36Si. The molecular weight excluding hydrogens is 352 g/mol. The van der Waals surface area contributed by atoms with Crippen molar-refractivity contribution in [3.63, 3.8) is 0 Å². The van der Waals surface area contributed by atoms with Gasteiger partial charge in [-0.3, -0.25) is 0 Å². The molecule has 2 aromatic carbocycles. The van der Waals surface area contributed by atoms with Gasteiger partial charge in [-0.1, -0.05) is 106 Å². The van der Waals surface area contributed by atoms with E-state index >= 15 is 0 Å². The highest BCUT2D eigenvalue weighted by atomic mass is 28.3. The van der Waals surface area contributed by atoms with Crippen LogP contribution in [-0.2, 0) is 0 Å². The highest BCUT2D eigenvalue weighted by molar-refractivity contribution is 7.02. The molecule has 1 heteroatoms. The van der Waals surface area contributed by atoms with Crippen LogP contribution in [0.25, 0.3) is 0 Å². The Balaban J connectivity index is 2.64. The average molecular weight is 389 g/mol. The molecule has 1 atom stereocenters. The molecule has 0 nitrogen and oxygen atoms in total. The summed E-state index contributed by atoms with van der Waals surface area (Å²) in [7, 11) is -1.99. The molecule has 0 spiro atoms. The van der Waals surface area contributed by atoms with E-state index in [2.05, 4.69) is 114 Å². The summed E-state index contributed by atoms with van der Waals surface area (Å²) < 4.78 is 0. The predicted molar refractivity (Wildman–Crippen MR) is 129 cm³/mol. The van der Waals surface area contributed by atoms with Crippen molar-refractivity contribution in [3.8, 4) is 0 Å². The molecule has 2 aromatic rings. The molecule has 0 N–H and O–H groups in total. The fraction of sp³-hybridized carbons (Fsp3) is 0.333. The van der Waals surface area contributed by atoms with Crippen molar-refractivity contribution in [3.05, 3.63) is 96.1 Å². The number of hydrogen-bond donors (Lipinski definition) is 0. The second kappa shape index (κ2) is 10.4. The number of rotatable bonds is 9. The third kappa shape index (κ3) is 5.69. The third-order valence-corrected chi connectivity index (χ3v) is 11.1. The Bertz CT molecular complexity index is 768. The van der Waals surface area contributed by atoms with E-state index in [1.165, 1.54) is 33.1 Å². The highest BCUT2D eigenvalue weighted by Gasteiger charge is 2.39. The Morgan fingerprint density at radius 1 is 0.893 bits per heavy atom.